The molecule has 0 saturated carbocycles. The molecule has 2 aromatic rings. The van der Waals surface area contributed by atoms with Crippen molar-refractivity contribution < 1.29 is 13.9 Å². The van der Waals surface area contributed by atoms with Gasteiger partial charge in [-0.2, -0.15) is 5.10 Å². The number of aromatic nitrogens is 2. The van der Waals surface area contributed by atoms with Gasteiger partial charge in [-0.05, 0) is 38.5 Å². The first-order chi connectivity index (χ1) is 9.90. The SMILES string of the molecule is Cc1nnc(C(N)=O)c(OC(C)C)c1-c1ccc(F)cc1. The van der Waals surface area contributed by atoms with Crippen molar-refractivity contribution in [2.75, 3.05) is 0 Å². The zero-order chi connectivity index (χ0) is 15.6. The minimum atomic E-state index is -0.721. The zero-order valence-corrected chi connectivity index (χ0v) is 12.1. The van der Waals surface area contributed by atoms with Gasteiger partial charge in [0.05, 0.1) is 11.8 Å². The second-order valence-electron chi connectivity index (χ2n) is 4.88. The Labute approximate surface area is 122 Å². The van der Waals surface area contributed by atoms with Crippen LogP contribution in [0.1, 0.15) is 30.0 Å². The Bertz CT molecular complexity index is 669. The maximum Gasteiger partial charge on any atom is 0.273 e. The van der Waals surface area contributed by atoms with Crippen LogP contribution in [0.25, 0.3) is 11.1 Å². The van der Waals surface area contributed by atoms with Crippen molar-refractivity contribution >= 4 is 5.91 Å². The van der Waals surface area contributed by atoms with Crippen molar-refractivity contribution in [3.63, 3.8) is 0 Å². The van der Waals surface area contributed by atoms with Gasteiger partial charge < -0.3 is 10.5 Å². The maximum atomic E-state index is 13.1. The van der Waals surface area contributed by atoms with Crippen molar-refractivity contribution in [1.82, 2.24) is 10.2 Å². The topological polar surface area (TPSA) is 78.1 Å². The van der Waals surface area contributed by atoms with E-state index < -0.39 is 5.91 Å². The molecule has 5 nitrogen and oxygen atoms in total. The fraction of sp³-hybridized carbons (Fsp3) is 0.267. The highest BCUT2D eigenvalue weighted by Gasteiger charge is 2.21. The van der Waals surface area contributed by atoms with E-state index in [0.29, 0.717) is 16.8 Å². The predicted molar refractivity (Wildman–Crippen MR) is 76.4 cm³/mol. The Morgan fingerprint density at radius 1 is 1.24 bits per heavy atom. The minimum absolute atomic E-state index is 0.0337. The third-order valence-corrected chi connectivity index (χ3v) is 2.82. The number of benzene rings is 1. The summed E-state index contributed by atoms with van der Waals surface area (Å²) in [6, 6.07) is 5.85. The summed E-state index contributed by atoms with van der Waals surface area (Å²) in [5.41, 5.74) is 7.14. The average molecular weight is 289 g/mol. The highest BCUT2D eigenvalue weighted by molar-refractivity contribution is 5.96. The zero-order valence-electron chi connectivity index (χ0n) is 12.1. The molecule has 0 atom stereocenters. The van der Waals surface area contributed by atoms with Crippen molar-refractivity contribution in [2.45, 2.75) is 26.9 Å². The molecule has 0 bridgehead atoms. The molecule has 0 aliphatic heterocycles. The first kappa shape index (κ1) is 14.9. The first-order valence-corrected chi connectivity index (χ1v) is 6.49. The fourth-order valence-corrected chi connectivity index (χ4v) is 1.97. The van der Waals surface area contributed by atoms with Gasteiger partial charge in [-0.15, -0.1) is 5.10 Å². The van der Waals surface area contributed by atoms with Gasteiger partial charge in [0.2, 0.25) is 0 Å². The van der Waals surface area contributed by atoms with E-state index in [1.165, 1.54) is 12.1 Å². The molecule has 2 N–H and O–H groups in total. The molecule has 0 saturated heterocycles. The summed E-state index contributed by atoms with van der Waals surface area (Å²) in [7, 11) is 0. The van der Waals surface area contributed by atoms with Crippen LogP contribution in [0.3, 0.4) is 0 Å². The van der Waals surface area contributed by atoms with Crippen molar-refractivity contribution in [2.24, 2.45) is 5.73 Å². The lowest BCUT2D eigenvalue weighted by molar-refractivity contribution is 0.0988. The number of halogens is 1. The number of hydrogen-bond donors (Lipinski definition) is 1. The van der Waals surface area contributed by atoms with Gasteiger partial charge in [0, 0.05) is 5.56 Å². The Morgan fingerprint density at radius 2 is 1.86 bits per heavy atom. The molecule has 0 aliphatic rings. The predicted octanol–water partition coefficient (Wildman–Crippen LogP) is 2.48. The Hall–Kier alpha value is -2.50. The van der Waals surface area contributed by atoms with Gasteiger partial charge in [0.15, 0.2) is 11.4 Å². The lowest BCUT2D eigenvalue weighted by Gasteiger charge is -2.17. The van der Waals surface area contributed by atoms with Crippen LogP contribution in [0.4, 0.5) is 4.39 Å². The van der Waals surface area contributed by atoms with Crippen LogP contribution in [0.5, 0.6) is 5.75 Å². The quantitative estimate of drug-likeness (QED) is 0.938. The molecule has 110 valence electrons. The number of primary amides is 1. The molecular formula is C15H16FN3O2. The van der Waals surface area contributed by atoms with E-state index >= 15 is 0 Å². The molecule has 0 fully saturated rings. The van der Waals surface area contributed by atoms with E-state index in [2.05, 4.69) is 10.2 Å². The van der Waals surface area contributed by atoms with E-state index in [-0.39, 0.29) is 23.4 Å². The number of aryl methyl sites for hydroxylation is 1. The first-order valence-electron chi connectivity index (χ1n) is 6.49. The van der Waals surface area contributed by atoms with E-state index in [1.807, 2.05) is 13.8 Å². The molecule has 0 aliphatic carbocycles. The number of nitrogens with two attached hydrogens (primary N) is 1. The monoisotopic (exact) mass is 289 g/mol. The number of amides is 1. The van der Waals surface area contributed by atoms with Gasteiger partial charge in [0.1, 0.15) is 5.82 Å². The summed E-state index contributed by atoms with van der Waals surface area (Å²) in [5, 5.41) is 7.75. The Morgan fingerprint density at radius 3 is 2.38 bits per heavy atom. The van der Waals surface area contributed by atoms with E-state index in [0.717, 1.165) is 0 Å². The van der Waals surface area contributed by atoms with Gasteiger partial charge in [-0.1, -0.05) is 12.1 Å². The summed E-state index contributed by atoms with van der Waals surface area (Å²) < 4.78 is 18.8. The van der Waals surface area contributed by atoms with Gasteiger partial charge in [-0.25, -0.2) is 4.39 Å². The molecular weight excluding hydrogens is 273 g/mol. The number of carbonyl (C=O) groups is 1. The lowest BCUT2D eigenvalue weighted by atomic mass is 10.0. The van der Waals surface area contributed by atoms with Crippen LogP contribution in [-0.4, -0.2) is 22.2 Å². The van der Waals surface area contributed by atoms with Crippen LogP contribution in [0.15, 0.2) is 24.3 Å². The standard InChI is InChI=1S/C15H16FN3O2/c1-8(2)21-14-12(10-4-6-11(16)7-5-10)9(3)18-19-13(14)15(17)20/h4-8H,1-3H3,(H2,17,20). The lowest BCUT2D eigenvalue weighted by Crippen LogP contribution is -2.19. The molecule has 1 amide bonds. The van der Waals surface area contributed by atoms with Crippen LogP contribution in [0.2, 0.25) is 0 Å². The third kappa shape index (κ3) is 3.16. The minimum Gasteiger partial charge on any atom is -0.488 e. The van der Waals surface area contributed by atoms with Gasteiger partial charge >= 0.3 is 0 Å². The third-order valence-electron chi connectivity index (χ3n) is 2.82. The van der Waals surface area contributed by atoms with Crippen molar-refractivity contribution in [3.05, 3.63) is 41.5 Å². The van der Waals surface area contributed by atoms with Crippen LogP contribution in [0, 0.1) is 12.7 Å². The summed E-state index contributed by atoms with van der Waals surface area (Å²) in [4.78, 5) is 11.5. The Balaban J connectivity index is 2.69. The smallest absolute Gasteiger partial charge is 0.273 e. The molecule has 6 heteroatoms. The summed E-state index contributed by atoms with van der Waals surface area (Å²) in [6.45, 7) is 5.40. The molecule has 0 unspecified atom stereocenters. The second-order valence-corrected chi connectivity index (χ2v) is 4.88. The fourth-order valence-electron chi connectivity index (χ4n) is 1.97. The van der Waals surface area contributed by atoms with Crippen LogP contribution in [-0.2, 0) is 0 Å². The normalized spacial score (nSPS) is 10.7. The highest BCUT2D eigenvalue weighted by Crippen LogP contribution is 2.34. The molecule has 1 aromatic carbocycles. The van der Waals surface area contributed by atoms with Gasteiger partial charge in [0.25, 0.3) is 5.91 Å². The van der Waals surface area contributed by atoms with E-state index in [4.69, 9.17) is 10.5 Å². The van der Waals surface area contributed by atoms with E-state index in [9.17, 15) is 9.18 Å². The average Bonchev–Trinajstić information content (AvgIpc) is 2.39. The van der Waals surface area contributed by atoms with Crippen LogP contribution < -0.4 is 10.5 Å². The molecule has 1 aromatic heterocycles. The summed E-state index contributed by atoms with van der Waals surface area (Å²) in [6.07, 6.45) is -0.175. The Kier molecular flexibility index (Phi) is 4.16. The second kappa shape index (κ2) is 5.87. The number of rotatable bonds is 4. The molecule has 0 spiro atoms. The van der Waals surface area contributed by atoms with Crippen LogP contribution >= 0.6 is 0 Å². The van der Waals surface area contributed by atoms with Crippen molar-refractivity contribution in [1.29, 1.82) is 0 Å². The number of nitrogens with zero attached hydrogens (tertiary/aromatic N) is 2. The van der Waals surface area contributed by atoms with Gasteiger partial charge in [-0.3, -0.25) is 4.79 Å². The van der Waals surface area contributed by atoms with E-state index in [1.54, 1.807) is 19.1 Å². The molecule has 21 heavy (non-hydrogen) atoms. The molecule has 1 heterocycles. The number of ether oxygens (including phenoxy) is 1. The summed E-state index contributed by atoms with van der Waals surface area (Å²) >= 11 is 0. The van der Waals surface area contributed by atoms with Crippen molar-refractivity contribution in [3.8, 4) is 16.9 Å². The maximum absolute atomic E-state index is 13.1. The highest BCUT2D eigenvalue weighted by atomic mass is 19.1. The number of hydrogen-bond acceptors (Lipinski definition) is 4. The molecule has 0 radical (unpaired) electrons. The molecule has 2 rings (SSSR count). The number of carbonyl (C=O) groups excluding carboxylic acids is 1. The largest absolute Gasteiger partial charge is 0.488 e. The summed E-state index contributed by atoms with van der Waals surface area (Å²) in [5.74, 6) is -0.794.